The van der Waals surface area contributed by atoms with Gasteiger partial charge in [-0.1, -0.05) is 0 Å². The molecule has 1 unspecified atom stereocenters. The van der Waals surface area contributed by atoms with Crippen molar-refractivity contribution in [2.45, 2.75) is 20.0 Å². The number of ketones is 1. The number of nitrogens with one attached hydrogen (secondary N) is 1. The highest BCUT2D eigenvalue weighted by atomic mass is 16.2. The van der Waals surface area contributed by atoms with Crippen LogP contribution in [0.2, 0.25) is 0 Å². The summed E-state index contributed by atoms with van der Waals surface area (Å²) in [6.07, 6.45) is 4.32. The molecule has 0 radical (unpaired) electrons. The Balaban J connectivity index is 2.39. The van der Waals surface area contributed by atoms with Gasteiger partial charge in [-0.3, -0.25) is 14.9 Å². The van der Waals surface area contributed by atoms with E-state index in [-0.39, 0.29) is 11.7 Å². The molecule has 1 aliphatic rings. The van der Waals surface area contributed by atoms with Gasteiger partial charge in [-0.2, -0.15) is 4.57 Å². The van der Waals surface area contributed by atoms with E-state index in [1.54, 1.807) is 17.7 Å². The predicted octanol–water partition coefficient (Wildman–Crippen LogP) is 0.426. The van der Waals surface area contributed by atoms with Crippen LogP contribution in [0.5, 0.6) is 0 Å². The minimum Gasteiger partial charge on any atom is -0.288 e. The molecule has 2 heterocycles. The molecule has 16 heavy (non-hydrogen) atoms. The number of hydrogen-bond donors (Lipinski definition) is 1. The molecule has 2 rings (SSSR count). The number of nitrogens with zero attached hydrogens (tertiary/aromatic N) is 1. The molecule has 4 heteroatoms. The third-order valence-corrected chi connectivity index (χ3v) is 2.53. The summed E-state index contributed by atoms with van der Waals surface area (Å²) in [5.74, 6) is -0.300. The molecule has 0 bridgehead atoms. The SMILES string of the molecule is CC1=CC(=O)NC([n+]2cccc(C)c2)C1=O. The van der Waals surface area contributed by atoms with E-state index in [1.165, 1.54) is 6.08 Å². The largest absolute Gasteiger partial charge is 0.297 e. The molecule has 0 aliphatic carbocycles. The zero-order valence-corrected chi connectivity index (χ0v) is 9.23. The molecule has 1 N–H and O–H groups in total. The number of rotatable bonds is 1. The van der Waals surface area contributed by atoms with Crippen LogP contribution in [-0.4, -0.2) is 11.7 Å². The third kappa shape index (κ3) is 1.86. The van der Waals surface area contributed by atoms with Gasteiger partial charge < -0.3 is 0 Å². The quantitative estimate of drug-likeness (QED) is 0.693. The summed E-state index contributed by atoms with van der Waals surface area (Å²) < 4.78 is 1.71. The first-order valence-corrected chi connectivity index (χ1v) is 5.08. The molecule has 0 fully saturated rings. The van der Waals surface area contributed by atoms with Crippen molar-refractivity contribution in [1.29, 1.82) is 0 Å². The van der Waals surface area contributed by atoms with E-state index in [0.29, 0.717) is 5.57 Å². The van der Waals surface area contributed by atoms with Gasteiger partial charge in [0.2, 0.25) is 11.7 Å². The highest BCUT2D eigenvalue weighted by Gasteiger charge is 2.33. The Morgan fingerprint density at radius 3 is 2.75 bits per heavy atom. The Kier molecular flexibility index (Phi) is 2.56. The first-order valence-electron chi connectivity index (χ1n) is 5.08. The molecule has 1 amide bonds. The summed E-state index contributed by atoms with van der Waals surface area (Å²) in [7, 11) is 0. The summed E-state index contributed by atoms with van der Waals surface area (Å²) in [6, 6.07) is 3.79. The Hall–Kier alpha value is -1.97. The number of Topliss-reactive ketones (excluding diaryl/α,β-unsaturated/α-hetero) is 1. The number of carbonyl (C=O) groups excluding carboxylic acids is 2. The number of hydrogen-bond acceptors (Lipinski definition) is 2. The van der Waals surface area contributed by atoms with Gasteiger partial charge in [-0.15, -0.1) is 0 Å². The fourth-order valence-electron chi connectivity index (χ4n) is 1.71. The lowest BCUT2D eigenvalue weighted by Crippen LogP contribution is -2.55. The third-order valence-electron chi connectivity index (χ3n) is 2.53. The van der Waals surface area contributed by atoms with E-state index >= 15 is 0 Å². The van der Waals surface area contributed by atoms with Crippen molar-refractivity contribution in [3.63, 3.8) is 0 Å². The predicted molar refractivity (Wildman–Crippen MR) is 57.3 cm³/mol. The summed E-state index contributed by atoms with van der Waals surface area (Å²) in [6.45, 7) is 3.60. The molecular weight excluding hydrogens is 204 g/mol. The molecule has 1 aromatic heterocycles. The topological polar surface area (TPSA) is 50.1 Å². The summed E-state index contributed by atoms with van der Waals surface area (Å²) in [5.41, 5.74) is 1.53. The molecule has 0 aromatic carbocycles. The normalized spacial score (nSPS) is 20.4. The molecular formula is C12H13N2O2+. The van der Waals surface area contributed by atoms with Crippen molar-refractivity contribution >= 4 is 11.7 Å². The Bertz CT molecular complexity index is 492. The molecule has 1 atom stereocenters. The summed E-state index contributed by atoms with van der Waals surface area (Å²) in [4.78, 5) is 23.2. The van der Waals surface area contributed by atoms with Crippen molar-refractivity contribution in [1.82, 2.24) is 5.32 Å². The number of pyridine rings is 1. The maximum atomic E-state index is 11.9. The number of aryl methyl sites for hydroxylation is 1. The molecule has 1 aliphatic heterocycles. The second-order valence-electron chi connectivity index (χ2n) is 3.93. The van der Waals surface area contributed by atoms with E-state index in [1.807, 2.05) is 25.3 Å². The van der Waals surface area contributed by atoms with Crippen LogP contribution in [0.3, 0.4) is 0 Å². The Morgan fingerprint density at radius 2 is 2.06 bits per heavy atom. The van der Waals surface area contributed by atoms with E-state index in [9.17, 15) is 9.59 Å². The van der Waals surface area contributed by atoms with Gasteiger partial charge in [0.15, 0.2) is 12.4 Å². The van der Waals surface area contributed by atoms with E-state index < -0.39 is 6.17 Å². The Labute approximate surface area is 93.6 Å². The minimum absolute atomic E-state index is 0.0739. The van der Waals surface area contributed by atoms with Gasteiger partial charge >= 0.3 is 0 Å². The zero-order chi connectivity index (χ0) is 11.7. The van der Waals surface area contributed by atoms with Crippen LogP contribution >= 0.6 is 0 Å². The average molecular weight is 217 g/mol. The number of carbonyl (C=O) groups is 2. The molecule has 4 nitrogen and oxygen atoms in total. The lowest BCUT2D eigenvalue weighted by Gasteiger charge is -2.16. The summed E-state index contributed by atoms with van der Waals surface area (Å²) >= 11 is 0. The maximum absolute atomic E-state index is 11.9. The van der Waals surface area contributed by atoms with Gasteiger partial charge in [0.05, 0.1) is 0 Å². The Morgan fingerprint density at radius 1 is 1.31 bits per heavy atom. The van der Waals surface area contributed by atoms with Gasteiger partial charge in [-0.25, -0.2) is 0 Å². The zero-order valence-electron chi connectivity index (χ0n) is 9.23. The lowest BCUT2D eigenvalue weighted by molar-refractivity contribution is -0.712. The van der Waals surface area contributed by atoms with Crippen LogP contribution in [0.15, 0.2) is 36.2 Å². The first-order chi connectivity index (χ1) is 7.58. The standard InChI is InChI=1S/C12H12N2O2/c1-8-4-3-5-14(7-8)12-11(16)9(2)6-10(15)13-12/h3-7,12H,1-2H3/p+1. The van der Waals surface area contributed by atoms with Gasteiger partial charge in [0, 0.05) is 23.3 Å². The maximum Gasteiger partial charge on any atom is 0.297 e. The highest BCUT2D eigenvalue weighted by molar-refractivity contribution is 6.07. The van der Waals surface area contributed by atoms with E-state index in [2.05, 4.69) is 5.32 Å². The second-order valence-corrected chi connectivity index (χ2v) is 3.93. The second kappa shape index (κ2) is 3.89. The fourth-order valence-corrected chi connectivity index (χ4v) is 1.71. The van der Waals surface area contributed by atoms with Crippen LogP contribution in [0.4, 0.5) is 0 Å². The summed E-state index contributed by atoms with van der Waals surface area (Å²) in [5, 5.41) is 2.64. The average Bonchev–Trinajstić information content (AvgIpc) is 2.23. The number of amides is 1. The van der Waals surface area contributed by atoms with Gasteiger partial charge in [0.1, 0.15) is 0 Å². The molecule has 82 valence electrons. The minimum atomic E-state index is -0.614. The monoisotopic (exact) mass is 217 g/mol. The lowest BCUT2D eigenvalue weighted by atomic mass is 10.1. The van der Waals surface area contributed by atoms with Gasteiger partial charge in [-0.05, 0) is 19.9 Å². The van der Waals surface area contributed by atoms with Gasteiger partial charge in [0.25, 0.3) is 6.17 Å². The smallest absolute Gasteiger partial charge is 0.288 e. The van der Waals surface area contributed by atoms with Crippen molar-refractivity contribution in [2.24, 2.45) is 0 Å². The molecule has 0 saturated heterocycles. The number of aromatic nitrogens is 1. The van der Waals surface area contributed by atoms with Crippen LogP contribution < -0.4 is 9.88 Å². The van der Waals surface area contributed by atoms with Crippen LogP contribution in [0.1, 0.15) is 18.7 Å². The fraction of sp³-hybridized carbons (Fsp3) is 0.250. The highest BCUT2D eigenvalue weighted by Crippen LogP contribution is 2.09. The van der Waals surface area contributed by atoms with Crippen molar-refractivity contribution < 1.29 is 14.2 Å². The van der Waals surface area contributed by atoms with Crippen molar-refractivity contribution in [2.75, 3.05) is 0 Å². The van der Waals surface area contributed by atoms with Crippen LogP contribution in [0, 0.1) is 6.92 Å². The molecule has 1 aromatic rings. The molecule has 0 saturated carbocycles. The van der Waals surface area contributed by atoms with Crippen LogP contribution in [0.25, 0.3) is 0 Å². The van der Waals surface area contributed by atoms with E-state index in [4.69, 9.17) is 0 Å². The van der Waals surface area contributed by atoms with E-state index in [0.717, 1.165) is 5.56 Å². The molecule has 0 spiro atoms. The van der Waals surface area contributed by atoms with Crippen molar-refractivity contribution in [3.05, 3.63) is 41.7 Å². The first kappa shape index (κ1) is 10.5. The van der Waals surface area contributed by atoms with Crippen molar-refractivity contribution in [3.8, 4) is 0 Å². The van der Waals surface area contributed by atoms with Crippen LogP contribution in [-0.2, 0) is 9.59 Å².